The van der Waals surface area contributed by atoms with E-state index in [1.807, 2.05) is 24.4 Å². The zero-order chi connectivity index (χ0) is 18.3. The van der Waals surface area contributed by atoms with Gasteiger partial charge in [-0.2, -0.15) is 0 Å². The molecular formula is C17H24N4O2S2. The van der Waals surface area contributed by atoms with E-state index in [9.17, 15) is 8.42 Å². The molecule has 0 saturated heterocycles. The minimum absolute atomic E-state index is 0.281. The molecule has 1 aromatic carbocycles. The molecule has 0 spiro atoms. The van der Waals surface area contributed by atoms with Gasteiger partial charge in [0.15, 0.2) is 5.96 Å². The molecule has 136 valence electrons. The summed E-state index contributed by atoms with van der Waals surface area (Å²) in [6.07, 6.45) is 0. The third kappa shape index (κ3) is 5.29. The Morgan fingerprint density at radius 2 is 1.92 bits per heavy atom. The van der Waals surface area contributed by atoms with Gasteiger partial charge in [-0.05, 0) is 30.0 Å². The number of hydrogen-bond donors (Lipinski definition) is 2. The molecule has 0 radical (unpaired) electrons. The Kier molecular flexibility index (Phi) is 6.98. The summed E-state index contributed by atoms with van der Waals surface area (Å²) < 4.78 is 26.1. The number of rotatable bonds is 7. The molecule has 0 atom stereocenters. The van der Waals surface area contributed by atoms with Gasteiger partial charge in [-0.1, -0.05) is 24.3 Å². The lowest BCUT2D eigenvalue weighted by molar-refractivity contribution is 0.519. The average molecular weight is 381 g/mol. The molecular weight excluding hydrogens is 356 g/mol. The van der Waals surface area contributed by atoms with Crippen molar-refractivity contribution in [1.82, 2.24) is 14.9 Å². The summed E-state index contributed by atoms with van der Waals surface area (Å²) in [6.45, 7) is 3.69. The molecule has 0 bridgehead atoms. The van der Waals surface area contributed by atoms with Gasteiger partial charge in [0, 0.05) is 25.5 Å². The van der Waals surface area contributed by atoms with Gasteiger partial charge in [-0.25, -0.2) is 17.7 Å². The Bertz CT molecular complexity index is 800. The van der Waals surface area contributed by atoms with Gasteiger partial charge in [0.05, 0.1) is 18.0 Å². The largest absolute Gasteiger partial charge is 0.357 e. The van der Waals surface area contributed by atoms with Crippen molar-refractivity contribution in [2.24, 2.45) is 4.99 Å². The molecule has 0 unspecified atom stereocenters. The predicted octanol–water partition coefficient (Wildman–Crippen LogP) is 2.25. The number of nitrogens with one attached hydrogen (secondary N) is 2. The molecule has 0 saturated carbocycles. The molecule has 0 aliphatic carbocycles. The summed E-state index contributed by atoms with van der Waals surface area (Å²) in [4.78, 5) is 6.03. The van der Waals surface area contributed by atoms with E-state index in [1.54, 1.807) is 29.5 Å². The van der Waals surface area contributed by atoms with E-state index < -0.39 is 10.0 Å². The predicted molar refractivity (Wildman–Crippen MR) is 103 cm³/mol. The number of nitrogens with zero attached hydrogens (tertiary/aromatic N) is 2. The number of thiophene rings is 1. The van der Waals surface area contributed by atoms with Crippen molar-refractivity contribution in [2.45, 2.75) is 24.9 Å². The van der Waals surface area contributed by atoms with Crippen molar-refractivity contribution in [3.05, 3.63) is 52.2 Å². The lowest BCUT2D eigenvalue weighted by Crippen LogP contribution is -2.36. The number of benzene rings is 1. The molecule has 2 N–H and O–H groups in total. The Morgan fingerprint density at radius 1 is 1.16 bits per heavy atom. The molecule has 6 nitrogen and oxygen atoms in total. The van der Waals surface area contributed by atoms with E-state index in [0.717, 1.165) is 6.54 Å². The maximum absolute atomic E-state index is 12.5. The first-order valence-electron chi connectivity index (χ1n) is 8.00. The highest BCUT2D eigenvalue weighted by molar-refractivity contribution is 7.89. The van der Waals surface area contributed by atoms with Gasteiger partial charge in [-0.3, -0.25) is 0 Å². The zero-order valence-electron chi connectivity index (χ0n) is 14.7. The summed E-state index contributed by atoms with van der Waals surface area (Å²) in [6, 6.07) is 11.0. The summed E-state index contributed by atoms with van der Waals surface area (Å²) in [5.74, 6) is 0.660. The smallest absolute Gasteiger partial charge is 0.242 e. The number of guanidine groups is 1. The second kappa shape index (κ2) is 8.98. The van der Waals surface area contributed by atoms with Crippen molar-refractivity contribution >= 4 is 27.3 Å². The molecule has 0 aliphatic rings. The van der Waals surface area contributed by atoms with Crippen molar-refractivity contribution in [2.75, 3.05) is 20.6 Å². The maximum atomic E-state index is 12.5. The Hall–Kier alpha value is -1.90. The number of aliphatic imine (C=N–C) groups is 1. The first kappa shape index (κ1) is 19.4. The van der Waals surface area contributed by atoms with E-state index in [2.05, 4.69) is 21.7 Å². The second-order valence-corrected chi connectivity index (χ2v) is 8.68. The molecule has 8 heteroatoms. The van der Waals surface area contributed by atoms with Gasteiger partial charge < -0.3 is 10.6 Å². The molecule has 2 aromatic rings. The fourth-order valence-corrected chi connectivity index (χ4v) is 3.93. The fourth-order valence-electron chi connectivity index (χ4n) is 2.17. The first-order chi connectivity index (χ1) is 11.9. The van der Waals surface area contributed by atoms with Crippen LogP contribution < -0.4 is 10.6 Å². The molecule has 0 aliphatic heterocycles. The molecule has 0 fully saturated rings. The van der Waals surface area contributed by atoms with E-state index >= 15 is 0 Å². The van der Waals surface area contributed by atoms with Crippen molar-refractivity contribution in [3.63, 3.8) is 0 Å². The summed E-state index contributed by atoms with van der Waals surface area (Å²) in [7, 11) is -0.431. The number of sulfonamides is 1. The monoisotopic (exact) mass is 380 g/mol. The van der Waals surface area contributed by atoms with E-state index in [4.69, 9.17) is 0 Å². The zero-order valence-corrected chi connectivity index (χ0v) is 16.3. The topological polar surface area (TPSA) is 73.8 Å². The minimum atomic E-state index is -3.49. The first-order valence-corrected chi connectivity index (χ1v) is 10.3. The van der Waals surface area contributed by atoms with Crippen molar-refractivity contribution < 1.29 is 8.42 Å². The van der Waals surface area contributed by atoms with Crippen LogP contribution >= 0.6 is 11.3 Å². The van der Waals surface area contributed by atoms with E-state index in [1.165, 1.54) is 23.3 Å². The summed E-state index contributed by atoms with van der Waals surface area (Å²) >= 11 is 1.68. The van der Waals surface area contributed by atoms with Gasteiger partial charge in [0.1, 0.15) is 0 Å². The third-order valence-electron chi connectivity index (χ3n) is 3.49. The SMILES string of the molecule is CCNC(=NCc1ccccc1S(=O)(=O)N(C)C)NCc1cccs1. The standard InChI is InChI=1S/C17H24N4O2S2/c1-4-18-17(20-13-15-9-7-11-24-15)19-12-14-8-5-6-10-16(14)25(22,23)21(2)3/h5-11H,4,12-13H2,1-3H3,(H2,18,19,20). The molecule has 1 aromatic heterocycles. The van der Waals surface area contributed by atoms with E-state index in [-0.39, 0.29) is 11.4 Å². The molecule has 1 heterocycles. The van der Waals surface area contributed by atoms with Crippen molar-refractivity contribution in [3.8, 4) is 0 Å². The highest BCUT2D eigenvalue weighted by atomic mass is 32.2. The average Bonchev–Trinajstić information content (AvgIpc) is 3.11. The van der Waals surface area contributed by atoms with Gasteiger partial charge in [0.25, 0.3) is 0 Å². The minimum Gasteiger partial charge on any atom is -0.357 e. The van der Waals surface area contributed by atoms with Crippen molar-refractivity contribution in [1.29, 1.82) is 0 Å². The fraction of sp³-hybridized carbons (Fsp3) is 0.353. The lowest BCUT2D eigenvalue weighted by atomic mass is 10.2. The molecule has 2 rings (SSSR count). The molecule has 25 heavy (non-hydrogen) atoms. The highest BCUT2D eigenvalue weighted by Gasteiger charge is 2.20. The summed E-state index contributed by atoms with van der Waals surface area (Å²) in [5, 5.41) is 8.47. The third-order valence-corrected chi connectivity index (χ3v) is 6.29. The van der Waals surface area contributed by atoms with Crippen LogP contribution in [0.4, 0.5) is 0 Å². The van der Waals surface area contributed by atoms with Crippen LogP contribution in [0.15, 0.2) is 51.7 Å². The Labute approximate surface area is 153 Å². The van der Waals surface area contributed by atoms with Crippen LogP contribution in [0.1, 0.15) is 17.4 Å². The normalized spacial score (nSPS) is 12.4. The maximum Gasteiger partial charge on any atom is 0.242 e. The van der Waals surface area contributed by atoms with Crippen LogP contribution in [-0.2, 0) is 23.1 Å². The van der Waals surface area contributed by atoms with E-state index in [0.29, 0.717) is 18.1 Å². The van der Waals surface area contributed by atoms with Gasteiger partial charge in [0.2, 0.25) is 10.0 Å². The second-order valence-electron chi connectivity index (χ2n) is 5.52. The highest BCUT2D eigenvalue weighted by Crippen LogP contribution is 2.19. The lowest BCUT2D eigenvalue weighted by Gasteiger charge is -2.15. The molecule has 0 amide bonds. The van der Waals surface area contributed by atoms with Crippen LogP contribution in [0.5, 0.6) is 0 Å². The summed E-state index contributed by atoms with van der Waals surface area (Å²) in [5.41, 5.74) is 0.671. The number of hydrogen-bond acceptors (Lipinski definition) is 4. The van der Waals surface area contributed by atoms with Crippen LogP contribution in [0, 0.1) is 0 Å². The van der Waals surface area contributed by atoms with Crippen LogP contribution in [0.25, 0.3) is 0 Å². The Balaban J connectivity index is 2.17. The van der Waals surface area contributed by atoms with Gasteiger partial charge in [-0.15, -0.1) is 11.3 Å². The van der Waals surface area contributed by atoms with Crippen LogP contribution in [-0.4, -0.2) is 39.3 Å². The van der Waals surface area contributed by atoms with Gasteiger partial charge >= 0.3 is 0 Å². The Morgan fingerprint density at radius 3 is 2.56 bits per heavy atom. The van der Waals surface area contributed by atoms with Crippen LogP contribution in [0.3, 0.4) is 0 Å². The quantitative estimate of drug-likeness (QED) is 0.571. The van der Waals surface area contributed by atoms with Crippen LogP contribution in [0.2, 0.25) is 0 Å².